The van der Waals surface area contributed by atoms with Crippen LogP contribution in [-0.4, -0.2) is 31.0 Å². The number of aromatic carboxylic acids is 1. The normalized spacial score (nSPS) is 13.6. The number of anilines is 1. The smallest absolute Gasteiger partial charge is 0.349 e. The van der Waals surface area contributed by atoms with Gasteiger partial charge >= 0.3 is 5.97 Å². The van der Waals surface area contributed by atoms with Crippen LogP contribution in [0.4, 0.5) is 5.69 Å². The zero-order valence-electron chi connectivity index (χ0n) is 15.8. The Balaban J connectivity index is 0.000000199. The summed E-state index contributed by atoms with van der Waals surface area (Å²) < 4.78 is 10.5. The highest BCUT2D eigenvalue weighted by Gasteiger charge is 2.20. The van der Waals surface area contributed by atoms with E-state index in [0.717, 1.165) is 35.0 Å². The van der Waals surface area contributed by atoms with Crippen molar-refractivity contribution >= 4 is 28.8 Å². The van der Waals surface area contributed by atoms with Crippen molar-refractivity contribution in [2.75, 3.05) is 19.5 Å². The largest absolute Gasteiger partial charge is 0.493 e. The molecule has 2 heterocycles. The second-order valence-corrected chi connectivity index (χ2v) is 6.81. The van der Waals surface area contributed by atoms with Crippen LogP contribution in [0.2, 0.25) is 0 Å². The minimum absolute atomic E-state index is 0.179. The topological polar surface area (TPSA) is 101 Å². The molecule has 3 rings (SSSR count). The highest BCUT2D eigenvalue weighted by atomic mass is 32.1. The third kappa shape index (κ3) is 5.13. The van der Waals surface area contributed by atoms with Crippen LogP contribution in [0.1, 0.15) is 47.0 Å². The lowest BCUT2D eigenvalue weighted by Crippen LogP contribution is -2.26. The third-order valence-corrected chi connectivity index (χ3v) is 4.93. The first kappa shape index (κ1) is 20.6. The van der Waals surface area contributed by atoms with Gasteiger partial charge in [-0.05, 0) is 25.5 Å². The van der Waals surface area contributed by atoms with Gasteiger partial charge in [-0.3, -0.25) is 4.79 Å². The van der Waals surface area contributed by atoms with Crippen LogP contribution in [0.5, 0.6) is 5.75 Å². The number of furan rings is 1. The molecule has 0 saturated heterocycles. The molecule has 0 bridgehead atoms. The molecule has 8 heteroatoms. The van der Waals surface area contributed by atoms with Crippen molar-refractivity contribution in [1.82, 2.24) is 5.32 Å². The Kier molecular flexibility index (Phi) is 7.06. The van der Waals surface area contributed by atoms with E-state index in [2.05, 4.69) is 17.6 Å². The number of ketones is 1. The van der Waals surface area contributed by atoms with E-state index in [9.17, 15) is 9.59 Å². The molecule has 0 fully saturated rings. The number of aryl methyl sites for hydroxylation is 1. The molecule has 1 atom stereocenters. The van der Waals surface area contributed by atoms with Gasteiger partial charge in [0, 0.05) is 24.2 Å². The van der Waals surface area contributed by atoms with E-state index in [1.807, 2.05) is 19.1 Å². The lowest BCUT2D eigenvalue weighted by Gasteiger charge is -2.21. The number of hydrogen-bond donors (Lipinski definition) is 3. The molecule has 2 aromatic heterocycles. The summed E-state index contributed by atoms with van der Waals surface area (Å²) in [5.41, 5.74) is 1.72. The van der Waals surface area contributed by atoms with Crippen LogP contribution < -0.4 is 15.4 Å². The lowest BCUT2D eigenvalue weighted by molar-refractivity contribution is -0.115. The Hall–Kier alpha value is -2.74. The van der Waals surface area contributed by atoms with Crippen molar-refractivity contribution in [3.05, 3.63) is 45.7 Å². The Bertz CT molecular complexity index is 837. The lowest BCUT2D eigenvalue weighted by atomic mass is 10.0. The van der Waals surface area contributed by atoms with Crippen LogP contribution in [0.25, 0.3) is 0 Å². The SMILES string of the molecule is CC[C@@H](NC1=CC(=O)C1)c1ccc(C)o1.CNc1csc(C(=O)O)c1OC. The third-order valence-electron chi connectivity index (χ3n) is 3.99. The fourth-order valence-electron chi connectivity index (χ4n) is 2.55. The van der Waals surface area contributed by atoms with E-state index >= 15 is 0 Å². The number of carboxylic acid groups (broad SMARTS) is 1. The number of carbonyl (C=O) groups is 2. The van der Waals surface area contributed by atoms with Gasteiger partial charge < -0.3 is 24.9 Å². The molecule has 2 aromatic rings. The van der Waals surface area contributed by atoms with E-state index in [0.29, 0.717) is 17.9 Å². The molecule has 1 aliphatic rings. The first-order valence-electron chi connectivity index (χ1n) is 8.52. The van der Waals surface area contributed by atoms with Crippen molar-refractivity contribution in [3.63, 3.8) is 0 Å². The molecular weight excluding hydrogens is 368 g/mol. The second-order valence-electron chi connectivity index (χ2n) is 5.93. The van der Waals surface area contributed by atoms with Crippen molar-refractivity contribution in [2.24, 2.45) is 0 Å². The average Bonchev–Trinajstić information content (AvgIpc) is 3.23. The van der Waals surface area contributed by atoms with Crippen LogP contribution in [-0.2, 0) is 4.79 Å². The number of rotatable bonds is 7. The minimum Gasteiger partial charge on any atom is -0.493 e. The molecule has 0 saturated carbocycles. The van der Waals surface area contributed by atoms with Crippen LogP contribution in [0.3, 0.4) is 0 Å². The first-order valence-corrected chi connectivity index (χ1v) is 9.40. The van der Waals surface area contributed by atoms with Gasteiger partial charge in [-0.15, -0.1) is 11.3 Å². The maximum atomic E-state index is 10.8. The molecular formula is C19H24N2O5S. The van der Waals surface area contributed by atoms with E-state index in [1.54, 1.807) is 18.5 Å². The van der Waals surface area contributed by atoms with E-state index < -0.39 is 5.97 Å². The van der Waals surface area contributed by atoms with Crippen molar-refractivity contribution < 1.29 is 23.8 Å². The van der Waals surface area contributed by atoms with Crippen LogP contribution in [0, 0.1) is 6.92 Å². The predicted octanol–water partition coefficient (Wildman–Crippen LogP) is 3.98. The molecule has 146 valence electrons. The fraction of sp³-hybridized carbons (Fsp3) is 0.368. The molecule has 0 radical (unpaired) electrons. The van der Waals surface area contributed by atoms with Gasteiger partial charge in [0.25, 0.3) is 0 Å². The van der Waals surface area contributed by atoms with Crippen molar-refractivity contribution in [3.8, 4) is 5.75 Å². The first-order chi connectivity index (χ1) is 12.9. The minimum atomic E-state index is -0.960. The quantitative estimate of drug-likeness (QED) is 0.655. The summed E-state index contributed by atoms with van der Waals surface area (Å²) in [6.45, 7) is 4.03. The maximum absolute atomic E-state index is 10.8. The molecule has 0 amide bonds. The van der Waals surface area contributed by atoms with E-state index in [1.165, 1.54) is 7.11 Å². The second kappa shape index (κ2) is 9.27. The molecule has 0 aliphatic heterocycles. The predicted molar refractivity (Wildman–Crippen MR) is 105 cm³/mol. The van der Waals surface area contributed by atoms with Gasteiger partial charge in [-0.25, -0.2) is 4.79 Å². The number of nitrogens with one attached hydrogen (secondary N) is 2. The molecule has 0 spiro atoms. The number of carboxylic acids is 1. The summed E-state index contributed by atoms with van der Waals surface area (Å²) in [6.07, 6.45) is 3.13. The van der Waals surface area contributed by atoms with Gasteiger partial charge in [0.15, 0.2) is 16.4 Å². The summed E-state index contributed by atoms with van der Waals surface area (Å²) in [6, 6.07) is 4.12. The molecule has 3 N–H and O–H groups in total. The van der Waals surface area contributed by atoms with Crippen LogP contribution in [0.15, 0.2) is 33.7 Å². The summed E-state index contributed by atoms with van der Waals surface area (Å²) in [4.78, 5) is 21.6. The average molecular weight is 392 g/mol. The highest BCUT2D eigenvalue weighted by Crippen LogP contribution is 2.34. The standard InChI is InChI=1S/C12H15NO2.C7H9NO3S/c1-3-11(12-5-4-8(2)15-12)13-9-6-10(14)7-9;1-8-4-3-12-6(7(9)10)5(4)11-2/h4-6,11,13H,3,7H2,1-2H3;3,8H,1-2H3,(H,9,10)/t11-;/m1./s1. The van der Waals surface area contributed by atoms with Gasteiger partial charge in [-0.1, -0.05) is 6.92 Å². The van der Waals surface area contributed by atoms with E-state index in [-0.39, 0.29) is 16.7 Å². The van der Waals surface area contributed by atoms with Crippen molar-refractivity contribution in [1.29, 1.82) is 0 Å². The van der Waals surface area contributed by atoms with Crippen LogP contribution >= 0.6 is 11.3 Å². The van der Waals surface area contributed by atoms with Crippen molar-refractivity contribution in [2.45, 2.75) is 32.7 Å². The molecule has 0 aromatic carbocycles. The van der Waals surface area contributed by atoms with Gasteiger partial charge in [-0.2, -0.15) is 0 Å². The zero-order chi connectivity index (χ0) is 20.0. The Morgan fingerprint density at radius 3 is 2.59 bits per heavy atom. The Morgan fingerprint density at radius 2 is 2.15 bits per heavy atom. The Morgan fingerprint density at radius 1 is 1.44 bits per heavy atom. The summed E-state index contributed by atoms with van der Waals surface area (Å²) in [7, 11) is 3.17. The number of methoxy groups -OCH3 is 1. The fourth-order valence-corrected chi connectivity index (χ4v) is 3.42. The molecule has 0 unspecified atom stereocenters. The maximum Gasteiger partial charge on any atom is 0.349 e. The molecule has 7 nitrogen and oxygen atoms in total. The number of thiophene rings is 1. The van der Waals surface area contributed by atoms with Gasteiger partial charge in [0.05, 0.1) is 25.3 Å². The summed E-state index contributed by atoms with van der Waals surface area (Å²) in [5, 5.41) is 16.6. The number of ether oxygens (including phenoxy) is 1. The number of carbonyl (C=O) groups excluding carboxylic acids is 1. The summed E-state index contributed by atoms with van der Waals surface area (Å²) in [5.74, 6) is 1.50. The summed E-state index contributed by atoms with van der Waals surface area (Å²) >= 11 is 1.15. The Labute approximate surface area is 162 Å². The van der Waals surface area contributed by atoms with E-state index in [4.69, 9.17) is 14.3 Å². The number of allylic oxidation sites excluding steroid dienone is 2. The number of hydrogen-bond acceptors (Lipinski definition) is 7. The molecule has 27 heavy (non-hydrogen) atoms. The zero-order valence-corrected chi connectivity index (χ0v) is 16.6. The van der Waals surface area contributed by atoms with Gasteiger partial charge in [0.1, 0.15) is 11.5 Å². The monoisotopic (exact) mass is 392 g/mol. The molecule has 1 aliphatic carbocycles. The highest BCUT2D eigenvalue weighted by molar-refractivity contribution is 7.12. The van der Waals surface area contributed by atoms with Gasteiger partial charge in [0.2, 0.25) is 0 Å².